The Balaban J connectivity index is 2.45. The third-order valence-corrected chi connectivity index (χ3v) is 3.11. The lowest BCUT2D eigenvalue weighted by molar-refractivity contribution is 0.302. The van der Waals surface area contributed by atoms with Crippen molar-refractivity contribution in [2.45, 2.75) is 26.4 Å². The van der Waals surface area contributed by atoms with Gasteiger partial charge >= 0.3 is 0 Å². The van der Waals surface area contributed by atoms with Crippen molar-refractivity contribution in [2.24, 2.45) is 0 Å². The van der Waals surface area contributed by atoms with Crippen LogP contribution in [-0.4, -0.2) is 38.7 Å². The van der Waals surface area contributed by atoms with Gasteiger partial charge in [0.15, 0.2) is 0 Å². The smallest absolute Gasteiger partial charge is 0.121 e. The molecule has 1 atom stereocenters. The Hall–Kier alpha value is -1.06. The molecule has 0 radical (unpaired) electrons. The Kier molecular flexibility index (Phi) is 5.45. The molecule has 0 saturated carbocycles. The van der Waals surface area contributed by atoms with E-state index >= 15 is 0 Å². The lowest BCUT2D eigenvalue weighted by atomic mass is 10.1. The van der Waals surface area contributed by atoms with E-state index in [-0.39, 0.29) is 0 Å². The van der Waals surface area contributed by atoms with Crippen LogP contribution in [0.4, 0.5) is 0 Å². The highest BCUT2D eigenvalue weighted by Gasteiger charge is 2.04. The van der Waals surface area contributed by atoms with Crippen molar-refractivity contribution in [3.63, 3.8) is 0 Å². The Morgan fingerprint density at radius 2 is 2.06 bits per heavy atom. The highest BCUT2D eigenvalue weighted by molar-refractivity contribution is 5.36. The van der Waals surface area contributed by atoms with Gasteiger partial charge in [-0.2, -0.15) is 0 Å². The molecule has 3 nitrogen and oxygen atoms in total. The van der Waals surface area contributed by atoms with Gasteiger partial charge in [-0.05, 0) is 45.1 Å². The zero-order valence-corrected chi connectivity index (χ0v) is 11.6. The standard InChI is InChI=1S/C14H24N2O/c1-11-8-13(6-7-14(11)17-5)10-15-9-12(2)16(3)4/h6-8,12,15H,9-10H2,1-5H3. The van der Waals surface area contributed by atoms with Crippen LogP contribution in [0.25, 0.3) is 0 Å². The molecule has 0 saturated heterocycles. The fourth-order valence-electron chi connectivity index (χ4n) is 1.66. The van der Waals surface area contributed by atoms with Crippen LogP contribution in [0.3, 0.4) is 0 Å². The molecule has 0 aliphatic carbocycles. The van der Waals surface area contributed by atoms with Gasteiger partial charge in [-0.25, -0.2) is 0 Å². The minimum absolute atomic E-state index is 0.550. The molecule has 1 N–H and O–H groups in total. The van der Waals surface area contributed by atoms with E-state index in [2.05, 4.69) is 50.3 Å². The number of rotatable bonds is 6. The van der Waals surface area contributed by atoms with Gasteiger partial charge in [0.25, 0.3) is 0 Å². The zero-order valence-electron chi connectivity index (χ0n) is 11.6. The van der Waals surface area contributed by atoms with Gasteiger partial charge < -0.3 is 15.0 Å². The van der Waals surface area contributed by atoms with Gasteiger partial charge in [-0.3, -0.25) is 0 Å². The topological polar surface area (TPSA) is 24.5 Å². The summed E-state index contributed by atoms with van der Waals surface area (Å²) in [5.74, 6) is 0.954. The molecule has 3 heteroatoms. The van der Waals surface area contributed by atoms with Crippen molar-refractivity contribution in [3.05, 3.63) is 29.3 Å². The van der Waals surface area contributed by atoms with Crippen LogP contribution in [0.5, 0.6) is 5.75 Å². The van der Waals surface area contributed by atoms with E-state index in [1.54, 1.807) is 7.11 Å². The second-order valence-electron chi connectivity index (χ2n) is 4.75. The van der Waals surface area contributed by atoms with E-state index in [1.165, 1.54) is 11.1 Å². The Bertz CT molecular complexity index is 350. The summed E-state index contributed by atoms with van der Waals surface area (Å²) in [6.45, 7) is 6.19. The van der Waals surface area contributed by atoms with Crippen LogP contribution in [0.15, 0.2) is 18.2 Å². The van der Waals surface area contributed by atoms with Gasteiger partial charge in [-0.15, -0.1) is 0 Å². The molecule has 0 aliphatic rings. The van der Waals surface area contributed by atoms with E-state index < -0.39 is 0 Å². The van der Waals surface area contributed by atoms with Crippen molar-refractivity contribution in [1.82, 2.24) is 10.2 Å². The lowest BCUT2D eigenvalue weighted by Crippen LogP contribution is -2.35. The number of ether oxygens (including phenoxy) is 1. The molecule has 0 fully saturated rings. The molecule has 0 bridgehead atoms. The number of nitrogens with one attached hydrogen (secondary N) is 1. The van der Waals surface area contributed by atoms with Gasteiger partial charge in [0.1, 0.15) is 5.75 Å². The summed E-state index contributed by atoms with van der Waals surface area (Å²) in [5, 5.41) is 3.46. The van der Waals surface area contributed by atoms with Crippen LogP contribution in [0, 0.1) is 6.92 Å². The molecule has 17 heavy (non-hydrogen) atoms. The zero-order chi connectivity index (χ0) is 12.8. The second-order valence-corrected chi connectivity index (χ2v) is 4.75. The van der Waals surface area contributed by atoms with Crippen LogP contribution < -0.4 is 10.1 Å². The van der Waals surface area contributed by atoms with E-state index in [0.29, 0.717) is 6.04 Å². The van der Waals surface area contributed by atoms with Gasteiger partial charge in [0.05, 0.1) is 7.11 Å². The fraction of sp³-hybridized carbons (Fsp3) is 0.571. The average molecular weight is 236 g/mol. The first-order valence-corrected chi connectivity index (χ1v) is 6.05. The van der Waals surface area contributed by atoms with E-state index in [4.69, 9.17) is 4.74 Å². The summed E-state index contributed by atoms with van der Waals surface area (Å²) < 4.78 is 5.25. The molecule has 1 aromatic carbocycles. The van der Waals surface area contributed by atoms with Gasteiger partial charge in [-0.1, -0.05) is 12.1 Å². The van der Waals surface area contributed by atoms with Gasteiger partial charge in [0, 0.05) is 19.1 Å². The number of likely N-dealkylation sites (N-methyl/N-ethyl adjacent to an activating group) is 1. The summed E-state index contributed by atoms with van der Waals surface area (Å²) in [4.78, 5) is 2.21. The monoisotopic (exact) mass is 236 g/mol. The molecule has 1 rings (SSSR count). The number of hydrogen-bond acceptors (Lipinski definition) is 3. The minimum Gasteiger partial charge on any atom is -0.496 e. The van der Waals surface area contributed by atoms with Crippen molar-refractivity contribution >= 4 is 0 Å². The van der Waals surface area contributed by atoms with E-state index in [1.807, 2.05) is 6.07 Å². The maximum absolute atomic E-state index is 5.25. The Morgan fingerprint density at radius 3 is 2.59 bits per heavy atom. The largest absolute Gasteiger partial charge is 0.496 e. The van der Waals surface area contributed by atoms with Crippen LogP contribution in [0.2, 0.25) is 0 Å². The summed E-state index contributed by atoms with van der Waals surface area (Å²) in [6.07, 6.45) is 0. The number of aryl methyl sites for hydroxylation is 1. The molecule has 0 amide bonds. The maximum Gasteiger partial charge on any atom is 0.121 e. The Labute approximate surface area is 105 Å². The predicted molar refractivity (Wildman–Crippen MR) is 72.6 cm³/mol. The second kappa shape index (κ2) is 6.62. The Morgan fingerprint density at radius 1 is 1.35 bits per heavy atom. The van der Waals surface area contributed by atoms with Crippen molar-refractivity contribution < 1.29 is 4.74 Å². The summed E-state index contributed by atoms with van der Waals surface area (Å²) >= 11 is 0. The predicted octanol–water partition coefficient (Wildman–Crippen LogP) is 2.04. The molecule has 96 valence electrons. The molecule has 0 aliphatic heterocycles. The third-order valence-electron chi connectivity index (χ3n) is 3.11. The minimum atomic E-state index is 0.550. The first-order valence-electron chi connectivity index (χ1n) is 6.05. The first-order chi connectivity index (χ1) is 8.04. The number of benzene rings is 1. The van der Waals surface area contributed by atoms with E-state index in [9.17, 15) is 0 Å². The normalized spacial score (nSPS) is 12.8. The average Bonchev–Trinajstić information content (AvgIpc) is 2.29. The van der Waals surface area contributed by atoms with Crippen molar-refractivity contribution in [3.8, 4) is 5.75 Å². The summed E-state index contributed by atoms with van der Waals surface area (Å²) in [5.41, 5.74) is 2.49. The van der Waals surface area contributed by atoms with E-state index in [0.717, 1.165) is 18.8 Å². The summed E-state index contributed by atoms with van der Waals surface area (Å²) in [6, 6.07) is 6.86. The fourth-order valence-corrected chi connectivity index (χ4v) is 1.66. The number of hydrogen-bond donors (Lipinski definition) is 1. The SMILES string of the molecule is COc1ccc(CNCC(C)N(C)C)cc1C. The number of methoxy groups -OCH3 is 1. The van der Waals surface area contributed by atoms with Crippen molar-refractivity contribution in [1.29, 1.82) is 0 Å². The highest BCUT2D eigenvalue weighted by Crippen LogP contribution is 2.18. The van der Waals surface area contributed by atoms with Crippen molar-refractivity contribution in [2.75, 3.05) is 27.7 Å². The lowest BCUT2D eigenvalue weighted by Gasteiger charge is -2.20. The quantitative estimate of drug-likeness (QED) is 0.818. The third kappa shape index (κ3) is 4.36. The molecule has 0 aromatic heterocycles. The molecular formula is C14H24N2O. The highest BCUT2D eigenvalue weighted by atomic mass is 16.5. The first kappa shape index (κ1) is 14.0. The molecular weight excluding hydrogens is 212 g/mol. The maximum atomic E-state index is 5.25. The molecule has 0 heterocycles. The summed E-state index contributed by atoms with van der Waals surface area (Å²) in [7, 11) is 5.91. The van der Waals surface area contributed by atoms with Gasteiger partial charge in [0.2, 0.25) is 0 Å². The van der Waals surface area contributed by atoms with Crippen LogP contribution >= 0.6 is 0 Å². The van der Waals surface area contributed by atoms with Crippen LogP contribution in [-0.2, 0) is 6.54 Å². The molecule has 1 aromatic rings. The van der Waals surface area contributed by atoms with Crippen LogP contribution in [0.1, 0.15) is 18.1 Å². The molecule has 0 spiro atoms. The number of nitrogens with zero attached hydrogens (tertiary/aromatic N) is 1. The molecule has 1 unspecified atom stereocenters.